The van der Waals surface area contributed by atoms with Gasteiger partial charge in [0.15, 0.2) is 0 Å². The molecule has 2 aliphatic rings. The molecule has 0 bridgehead atoms. The van der Waals surface area contributed by atoms with Gasteiger partial charge in [0.2, 0.25) is 0 Å². The highest BCUT2D eigenvalue weighted by atomic mass is 79.9. The van der Waals surface area contributed by atoms with Crippen LogP contribution in [0.2, 0.25) is 0 Å². The van der Waals surface area contributed by atoms with Crippen LogP contribution in [0.3, 0.4) is 0 Å². The molecule has 7 aromatic carbocycles. The van der Waals surface area contributed by atoms with Crippen LogP contribution in [0.5, 0.6) is 0 Å². The molecule has 0 atom stereocenters. The monoisotopic (exact) mass is 620 g/mol. The van der Waals surface area contributed by atoms with E-state index in [1.54, 1.807) is 72.8 Å². The molecule has 2 heterocycles. The van der Waals surface area contributed by atoms with Crippen LogP contribution in [0.25, 0.3) is 43.1 Å². The Labute approximate surface area is 252 Å². The van der Waals surface area contributed by atoms with Crippen molar-refractivity contribution in [3.05, 3.63) is 130 Å². The van der Waals surface area contributed by atoms with E-state index in [9.17, 15) is 19.2 Å². The van der Waals surface area contributed by atoms with Crippen molar-refractivity contribution < 1.29 is 19.2 Å². The van der Waals surface area contributed by atoms with Gasteiger partial charge in [-0.05, 0) is 70.1 Å². The zero-order valence-electron chi connectivity index (χ0n) is 22.2. The molecule has 7 aromatic rings. The first kappa shape index (κ1) is 24.2. The highest BCUT2D eigenvalue weighted by Crippen LogP contribution is 2.49. The first-order chi connectivity index (χ1) is 21.0. The summed E-state index contributed by atoms with van der Waals surface area (Å²) in [7, 11) is 0. The lowest BCUT2D eigenvalue weighted by Crippen LogP contribution is -2.40. The zero-order chi connectivity index (χ0) is 29.1. The van der Waals surface area contributed by atoms with E-state index in [1.165, 1.54) is 9.80 Å². The lowest BCUT2D eigenvalue weighted by Gasteiger charge is -2.30. The summed E-state index contributed by atoms with van der Waals surface area (Å²) < 4.78 is 0.690. The molecule has 0 fully saturated rings. The second-order valence-corrected chi connectivity index (χ2v) is 11.7. The molecule has 0 saturated heterocycles. The molecule has 0 unspecified atom stereocenters. The maximum atomic E-state index is 13.9. The molecule has 0 aromatic heterocycles. The fourth-order valence-electron chi connectivity index (χ4n) is 6.94. The molecule has 9 rings (SSSR count). The lowest BCUT2D eigenvalue weighted by atomic mass is 9.82. The molecule has 0 radical (unpaired) electrons. The van der Waals surface area contributed by atoms with Gasteiger partial charge in [-0.2, -0.15) is 0 Å². The van der Waals surface area contributed by atoms with Crippen LogP contribution in [0.1, 0.15) is 41.4 Å². The number of benzene rings is 7. The second-order valence-electron chi connectivity index (χ2n) is 10.8. The van der Waals surface area contributed by atoms with Crippen molar-refractivity contribution in [2.75, 3.05) is 9.80 Å². The molecule has 0 aliphatic carbocycles. The minimum Gasteiger partial charge on any atom is -0.268 e. The number of anilines is 2. The van der Waals surface area contributed by atoms with Gasteiger partial charge >= 0.3 is 0 Å². The summed E-state index contributed by atoms with van der Waals surface area (Å²) in [5, 5.41) is 6.17. The highest BCUT2D eigenvalue weighted by Gasteiger charge is 2.38. The number of carbonyl (C=O) groups excluding carboxylic acids is 4. The molecule has 4 amide bonds. The Kier molecular flexibility index (Phi) is 4.70. The number of fused-ring (bicyclic) bond motifs is 2. The summed E-state index contributed by atoms with van der Waals surface area (Å²) in [5.74, 6) is -1.52. The van der Waals surface area contributed by atoms with Gasteiger partial charge < -0.3 is 0 Å². The van der Waals surface area contributed by atoms with Gasteiger partial charge in [-0.1, -0.05) is 70.5 Å². The second kappa shape index (κ2) is 8.33. The molecule has 202 valence electrons. The third kappa shape index (κ3) is 2.96. The molecule has 43 heavy (non-hydrogen) atoms. The molecule has 0 saturated carbocycles. The summed E-state index contributed by atoms with van der Waals surface area (Å²) in [5.41, 5.74) is 2.81. The summed E-state index contributed by atoms with van der Waals surface area (Å²) in [6, 6.07) is 30.7. The van der Waals surface area contributed by atoms with Crippen LogP contribution in [0, 0.1) is 0 Å². The van der Waals surface area contributed by atoms with E-state index in [0.717, 1.165) is 32.3 Å². The minimum absolute atomic E-state index is 0.375. The number of imide groups is 2. The number of hydrogen-bond acceptors (Lipinski definition) is 4. The average Bonchev–Trinajstić information content (AvgIpc) is 3.03. The van der Waals surface area contributed by atoms with Crippen LogP contribution >= 0.6 is 15.9 Å². The third-order valence-electron chi connectivity index (χ3n) is 8.72. The maximum absolute atomic E-state index is 13.9. The smallest absolute Gasteiger partial charge is 0.266 e. The Morgan fingerprint density at radius 2 is 0.814 bits per heavy atom. The molecule has 6 nitrogen and oxygen atoms in total. The Hall–Kier alpha value is -5.40. The molecule has 2 aliphatic heterocycles. The van der Waals surface area contributed by atoms with Gasteiger partial charge in [-0.3, -0.25) is 19.2 Å². The first-order valence-corrected chi connectivity index (χ1v) is 14.5. The summed E-state index contributed by atoms with van der Waals surface area (Å²) in [6.45, 7) is 0. The Balaban J connectivity index is 1.37. The van der Waals surface area contributed by atoms with Gasteiger partial charge in [0.05, 0.1) is 16.9 Å². The Bertz CT molecular complexity index is 2410. The van der Waals surface area contributed by atoms with Crippen molar-refractivity contribution in [2.24, 2.45) is 0 Å². The van der Waals surface area contributed by atoms with Crippen molar-refractivity contribution in [1.82, 2.24) is 0 Å². The summed E-state index contributed by atoms with van der Waals surface area (Å²) in [6.07, 6.45) is 0. The van der Waals surface area contributed by atoms with E-state index in [1.807, 2.05) is 30.3 Å². The Morgan fingerprint density at radius 3 is 1.33 bits per heavy atom. The van der Waals surface area contributed by atoms with E-state index in [2.05, 4.69) is 15.9 Å². The Morgan fingerprint density at radius 1 is 0.395 bits per heavy atom. The van der Waals surface area contributed by atoms with Crippen LogP contribution < -0.4 is 9.80 Å². The van der Waals surface area contributed by atoms with Crippen molar-refractivity contribution in [2.45, 2.75) is 0 Å². The van der Waals surface area contributed by atoms with Gasteiger partial charge in [0, 0.05) is 42.7 Å². The number of para-hydroxylation sites is 2. The fraction of sp³-hybridized carbons (Fsp3) is 0. The molecule has 0 N–H and O–H groups in total. The van der Waals surface area contributed by atoms with Crippen molar-refractivity contribution in [3.8, 4) is 0 Å². The van der Waals surface area contributed by atoms with Gasteiger partial charge in [0.25, 0.3) is 23.6 Å². The molecule has 0 spiro atoms. The van der Waals surface area contributed by atoms with Crippen molar-refractivity contribution >= 4 is 94.0 Å². The maximum Gasteiger partial charge on any atom is 0.266 e. The van der Waals surface area contributed by atoms with Crippen LogP contribution in [0.15, 0.2) is 108 Å². The minimum atomic E-state index is -0.388. The number of nitrogens with zero attached hydrogens (tertiary/aromatic N) is 2. The topological polar surface area (TPSA) is 74.8 Å². The average molecular weight is 621 g/mol. The SMILES string of the molecule is O=C1c2ccc3c4ccc5c6c(cc(Br)c(c7ccc(c2c37)C(=O)N1c1ccccc1)c64)C(=O)N(c1ccccc1)C5=O. The van der Waals surface area contributed by atoms with E-state index >= 15 is 0 Å². The predicted molar refractivity (Wildman–Crippen MR) is 171 cm³/mol. The van der Waals surface area contributed by atoms with Gasteiger partial charge in [-0.25, -0.2) is 9.80 Å². The number of carbonyl (C=O) groups is 4. The predicted octanol–water partition coefficient (Wildman–Crippen LogP) is 8.10. The largest absolute Gasteiger partial charge is 0.268 e. The lowest BCUT2D eigenvalue weighted by molar-refractivity contribution is 0.0877. The van der Waals surface area contributed by atoms with Gasteiger partial charge in [-0.15, -0.1) is 0 Å². The normalized spacial score (nSPS) is 14.7. The number of halogens is 1. The number of amides is 4. The standard InChI is InChI=1S/C36H17BrN2O4/c37-27-17-26-30-25(35(42)39(36(26)43)19-9-5-2-6-10-19)15-12-21-20-11-14-23-29-24(16-13-22(28(20)29)31(27)32(21)30)34(41)38(33(23)40)18-7-3-1-4-8-18/h1-17H. The molecular weight excluding hydrogens is 604 g/mol. The highest BCUT2D eigenvalue weighted by molar-refractivity contribution is 9.10. The van der Waals surface area contributed by atoms with Crippen LogP contribution in [0.4, 0.5) is 11.4 Å². The zero-order valence-corrected chi connectivity index (χ0v) is 23.8. The number of hydrogen-bond donors (Lipinski definition) is 0. The fourth-order valence-corrected chi connectivity index (χ4v) is 7.58. The molecular formula is C36H17BrN2O4. The first-order valence-electron chi connectivity index (χ1n) is 13.7. The third-order valence-corrected chi connectivity index (χ3v) is 9.34. The van der Waals surface area contributed by atoms with E-state index in [-0.39, 0.29) is 23.6 Å². The van der Waals surface area contributed by atoms with Crippen molar-refractivity contribution in [3.63, 3.8) is 0 Å². The molecule has 7 heteroatoms. The van der Waals surface area contributed by atoms with E-state index in [4.69, 9.17) is 0 Å². The van der Waals surface area contributed by atoms with E-state index < -0.39 is 0 Å². The quantitative estimate of drug-likeness (QED) is 0.111. The summed E-state index contributed by atoms with van der Waals surface area (Å²) >= 11 is 3.76. The van der Waals surface area contributed by atoms with Gasteiger partial charge in [0.1, 0.15) is 0 Å². The summed E-state index contributed by atoms with van der Waals surface area (Å²) in [4.78, 5) is 57.8. The van der Waals surface area contributed by atoms with Crippen LogP contribution in [-0.2, 0) is 0 Å². The van der Waals surface area contributed by atoms with Crippen molar-refractivity contribution in [1.29, 1.82) is 0 Å². The van der Waals surface area contributed by atoms with Crippen LogP contribution in [-0.4, -0.2) is 23.6 Å². The van der Waals surface area contributed by atoms with E-state index in [0.29, 0.717) is 48.9 Å². The number of rotatable bonds is 2.